The number of hydrogen-bond acceptors (Lipinski definition) is 6. The minimum absolute atomic E-state index is 0.195. The fourth-order valence-electron chi connectivity index (χ4n) is 5.13. The van der Waals surface area contributed by atoms with Crippen LogP contribution in [0.1, 0.15) is 39.1 Å². The fraction of sp³-hybridized carbons (Fsp3) is 0.125. The molecule has 6 rings (SSSR count). The van der Waals surface area contributed by atoms with Crippen LogP contribution in [0.25, 0.3) is 33.3 Å². The van der Waals surface area contributed by atoms with Crippen molar-refractivity contribution in [2.24, 2.45) is 0 Å². The van der Waals surface area contributed by atoms with Gasteiger partial charge in [-0.25, -0.2) is 4.79 Å². The van der Waals surface area contributed by atoms with E-state index in [1.807, 2.05) is 74.8 Å². The molecule has 0 amide bonds. The molecule has 0 radical (unpaired) electrons. The largest absolute Gasteiger partial charge is 0.465 e. The Morgan fingerprint density at radius 2 is 1.69 bits per heavy atom. The summed E-state index contributed by atoms with van der Waals surface area (Å²) in [6.07, 6.45) is 5.80. The SMILES string of the molecule is COC(=O)c1ccc(-c2cn([C@H](c3ccccc3)c3ccccn3)c3cc(-c4c(C)noc4C)cnc23)cc1. The van der Waals surface area contributed by atoms with E-state index in [1.165, 1.54) is 7.11 Å². The average Bonchev–Trinajstić information content (AvgIpc) is 3.52. The first-order chi connectivity index (χ1) is 19.0. The van der Waals surface area contributed by atoms with Gasteiger partial charge >= 0.3 is 5.97 Å². The van der Waals surface area contributed by atoms with Crippen LogP contribution in [0, 0.1) is 13.8 Å². The van der Waals surface area contributed by atoms with Gasteiger partial charge in [0, 0.05) is 35.3 Å². The molecule has 1 atom stereocenters. The van der Waals surface area contributed by atoms with Crippen molar-refractivity contribution in [3.05, 3.63) is 126 Å². The molecule has 0 aliphatic carbocycles. The molecule has 39 heavy (non-hydrogen) atoms. The topological polar surface area (TPSA) is 83.0 Å². The van der Waals surface area contributed by atoms with Crippen LogP contribution in [-0.2, 0) is 4.74 Å². The van der Waals surface area contributed by atoms with E-state index in [2.05, 4.69) is 34.1 Å². The van der Waals surface area contributed by atoms with E-state index in [0.717, 1.165) is 56.0 Å². The predicted octanol–water partition coefficient (Wildman–Crippen LogP) is 6.79. The lowest BCUT2D eigenvalue weighted by Gasteiger charge is -2.20. The lowest BCUT2D eigenvalue weighted by molar-refractivity contribution is 0.0600. The summed E-state index contributed by atoms with van der Waals surface area (Å²) in [5.74, 6) is 0.375. The monoisotopic (exact) mass is 514 g/mol. The van der Waals surface area contributed by atoms with Gasteiger partial charge in [0.15, 0.2) is 0 Å². The molecular weight excluding hydrogens is 488 g/mol. The zero-order valence-corrected chi connectivity index (χ0v) is 21.8. The lowest BCUT2D eigenvalue weighted by atomic mass is 10.0. The summed E-state index contributed by atoms with van der Waals surface area (Å²) in [5, 5.41) is 4.15. The van der Waals surface area contributed by atoms with Crippen molar-refractivity contribution in [3.8, 4) is 22.3 Å². The number of esters is 1. The highest BCUT2D eigenvalue weighted by Gasteiger charge is 2.24. The number of ether oxygens (including phenoxy) is 1. The van der Waals surface area contributed by atoms with Crippen molar-refractivity contribution in [2.75, 3.05) is 7.11 Å². The van der Waals surface area contributed by atoms with Crippen LogP contribution in [0.4, 0.5) is 0 Å². The van der Waals surface area contributed by atoms with Crippen LogP contribution in [0.5, 0.6) is 0 Å². The summed E-state index contributed by atoms with van der Waals surface area (Å²) in [7, 11) is 1.38. The maximum absolute atomic E-state index is 12.0. The van der Waals surface area contributed by atoms with Crippen molar-refractivity contribution in [3.63, 3.8) is 0 Å². The third kappa shape index (κ3) is 4.38. The van der Waals surface area contributed by atoms with Gasteiger partial charge < -0.3 is 13.8 Å². The van der Waals surface area contributed by atoms with Crippen LogP contribution in [0.3, 0.4) is 0 Å². The van der Waals surface area contributed by atoms with Crippen LogP contribution in [0.15, 0.2) is 102 Å². The third-order valence-electron chi connectivity index (χ3n) is 6.97. The molecule has 0 spiro atoms. The minimum atomic E-state index is -0.370. The van der Waals surface area contributed by atoms with Crippen molar-refractivity contribution < 1.29 is 14.1 Å². The zero-order valence-electron chi connectivity index (χ0n) is 21.8. The number of aryl methyl sites for hydroxylation is 2. The highest BCUT2D eigenvalue weighted by atomic mass is 16.5. The van der Waals surface area contributed by atoms with E-state index in [4.69, 9.17) is 19.2 Å². The minimum Gasteiger partial charge on any atom is -0.465 e. The number of benzene rings is 2. The molecule has 7 nitrogen and oxygen atoms in total. The Kier molecular flexibility index (Phi) is 6.25. The Morgan fingerprint density at radius 1 is 0.923 bits per heavy atom. The number of carbonyl (C=O) groups excluding carboxylic acids is 1. The standard InChI is InChI=1S/C32H26N4O3/c1-20-29(21(2)39-35-20)25-17-28-30(34-18-25)26(22-12-14-24(15-13-22)32(37)38-3)19-36(28)31(23-9-5-4-6-10-23)27-11-7-8-16-33-27/h4-19,31H,1-3H3/t31-/m1/s1. The van der Waals surface area contributed by atoms with Crippen molar-refractivity contribution in [1.29, 1.82) is 0 Å². The van der Waals surface area contributed by atoms with Gasteiger partial charge in [-0.3, -0.25) is 9.97 Å². The summed E-state index contributed by atoms with van der Waals surface area (Å²) >= 11 is 0. The molecule has 0 fully saturated rings. The van der Waals surface area contributed by atoms with Gasteiger partial charge in [-0.05, 0) is 55.3 Å². The molecule has 0 saturated carbocycles. The predicted molar refractivity (Wildman–Crippen MR) is 149 cm³/mol. The van der Waals surface area contributed by atoms with E-state index in [9.17, 15) is 4.79 Å². The van der Waals surface area contributed by atoms with E-state index < -0.39 is 0 Å². The number of fused-ring (bicyclic) bond motifs is 1. The molecule has 4 heterocycles. The molecule has 0 aliphatic rings. The Labute approximate surface area is 225 Å². The van der Waals surface area contributed by atoms with Crippen LogP contribution >= 0.6 is 0 Å². The number of aromatic nitrogens is 4. The van der Waals surface area contributed by atoms with Crippen LogP contribution in [0.2, 0.25) is 0 Å². The van der Waals surface area contributed by atoms with E-state index >= 15 is 0 Å². The summed E-state index contributed by atoms with van der Waals surface area (Å²) in [5.41, 5.74) is 8.87. The van der Waals surface area contributed by atoms with Gasteiger partial charge in [0.1, 0.15) is 11.8 Å². The Morgan fingerprint density at radius 3 is 2.36 bits per heavy atom. The molecule has 2 aromatic carbocycles. The molecule has 0 saturated heterocycles. The van der Waals surface area contributed by atoms with Crippen molar-refractivity contribution in [2.45, 2.75) is 19.9 Å². The highest BCUT2D eigenvalue weighted by molar-refractivity contribution is 5.96. The van der Waals surface area contributed by atoms with Crippen LogP contribution in [-0.4, -0.2) is 32.8 Å². The molecule has 192 valence electrons. The molecule has 7 heteroatoms. The number of hydrogen-bond donors (Lipinski definition) is 0. The second kappa shape index (κ2) is 10.0. The number of methoxy groups -OCH3 is 1. The highest BCUT2D eigenvalue weighted by Crippen LogP contribution is 2.38. The molecular formula is C32H26N4O3. The Balaban J connectivity index is 1.61. The number of pyridine rings is 2. The Hall–Kier alpha value is -5.04. The molecule has 0 unspecified atom stereocenters. The second-order valence-corrected chi connectivity index (χ2v) is 9.38. The zero-order chi connectivity index (χ0) is 26.9. The maximum Gasteiger partial charge on any atom is 0.337 e. The average molecular weight is 515 g/mol. The van der Waals surface area contributed by atoms with E-state index in [0.29, 0.717) is 5.56 Å². The third-order valence-corrected chi connectivity index (χ3v) is 6.97. The van der Waals surface area contributed by atoms with Gasteiger partial charge in [0.25, 0.3) is 0 Å². The molecule has 0 aliphatic heterocycles. The first-order valence-electron chi connectivity index (χ1n) is 12.6. The van der Waals surface area contributed by atoms with Crippen molar-refractivity contribution >= 4 is 17.0 Å². The van der Waals surface area contributed by atoms with Gasteiger partial charge in [-0.2, -0.15) is 0 Å². The number of rotatable bonds is 6. The quantitative estimate of drug-likeness (QED) is 0.228. The Bertz CT molecular complexity index is 1710. The first-order valence-corrected chi connectivity index (χ1v) is 12.6. The number of carbonyl (C=O) groups is 1. The van der Waals surface area contributed by atoms with Gasteiger partial charge in [0.05, 0.1) is 35.1 Å². The van der Waals surface area contributed by atoms with E-state index in [-0.39, 0.29) is 12.0 Å². The number of nitrogens with zero attached hydrogens (tertiary/aromatic N) is 4. The second-order valence-electron chi connectivity index (χ2n) is 9.38. The summed E-state index contributed by atoms with van der Waals surface area (Å²) in [6.45, 7) is 3.84. The van der Waals surface area contributed by atoms with Crippen LogP contribution < -0.4 is 0 Å². The summed E-state index contributed by atoms with van der Waals surface area (Å²) < 4.78 is 12.6. The molecule has 6 aromatic rings. The smallest absolute Gasteiger partial charge is 0.337 e. The van der Waals surface area contributed by atoms with Crippen molar-refractivity contribution in [1.82, 2.24) is 19.7 Å². The lowest BCUT2D eigenvalue weighted by Crippen LogP contribution is -2.13. The maximum atomic E-state index is 12.0. The van der Waals surface area contributed by atoms with Gasteiger partial charge in [0.2, 0.25) is 0 Å². The summed E-state index contributed by atoms with van der Waals surface area (Å²) in [4.78, 5) is 21.7. The molecule has 4 aromatic heterocycles. The summed E-state index contributed by atoms with van der Waals surface area (Å²) in [6, 6.07) is 25.6. The molecule has 0 N–H and O–H groups in total. The first kappa shape index (κ1) is 24.3. The fourth-order valence-corrected chi connectivity index (χ4v) is 5.13. The molecule has 0 bridgehead atoms. The van der Waals surface area contributed by atoms with Gasteiger partial charge in [-0.15, -0.1) is 0 Å². The normalized spacial score (nSPS) is 12.0. The van der Waals surface area contributed by atoms with Gasteiger partial charge in [-0.1, -0.05) is 53.7 Å². The van der Waals surface area contributed by atoms with E-state index in [1.54, 1.807) is 12.1 Å².